The van der Waals surface area contributed by atoms with E-state index in [1.165, 1.54) is 0 Å². The van der Waals surface area contributed by atoms with Gasteiger partial charge >= 0.3 is 0 Å². The van der Waals surface area contributed by atoms with Gasteiger partial charge in [-0.15, -0.1) is 0 Å². The minimum absolute atomic E-state index is 0.618. The summed E-state index contributed by atoms with van der Waals surface area (Å²) in [6.07, 6.45) is 0.817. The highest BCUT2D eigenvalue weighted by molar-refractivity contribution is 6.06. The van der Waals surface area contributed by atoms with E-state index < -0.39 is 0 Å². The zero-order valence-electron chi connectivity index (χ0n) is 7.66. The molecule has 0 fully saturated rings. The van der Waals surface area contributed by atoms with Crippen LogP contribution < -0.4 is 11.1 Å². The van der Waals surface area contributed by atoms with Crippen LogP contribution in [0.3, 0.4) is 0 Å². The summed E-state index contributed by atoms with van der Waals surface area (Å²) >= 11 is 0. The van der Waals surface area contributed by atoms with E-state index in [2.05, 4.69) is 10.3 Å². The van der Waals surface area contributed by atoms with Crippen LogP contribution in [0.25, 0.3) is 0 Å². The van der Waals surface area contributed by atoms with Crippen LogP contribution in [0.1, 0.15) is 15.9 Å². The summed E-state index contributed by atoms with van der Waals surface area (Å²) in [6.45, 7) is 1.57. The van der Waals surface area contributed by atoms with E-state index in [1.54, 1.807) is 18.2 Å². The Morgan fingerprint density at radius 3 is 3.00 bits per heavy atom. The van der Waals surface area contributed by atoms with Crippen molar-refractivity contribution in [2.24, 2.45) is 4.99 Å². The summed E-state index contributed by atoms with van der Waals surface area (Å²) in [5, 5.41) is 3.11. The number of benzene rings is 1. The van der Waals surface area contributed by atoms with Gasteiger partial charge in [-0.25, -0.2) is 0 Å². The predicted octanol–water partition coefficient (Wildman–Crippen LogP) is 0.431. The third kappa shape index (κ3) is 1.46. The van der Waals surface area contributed by atoms with Gasteiger partial charge in [0.2, 0.25) is 0 Å². The Morgan fingerprint density at radius 2 is 2.36 bits per heavy atom. The van der Waals surface area contributed by atoms with Crippen LogP contribution in [0.15, 0.2) is 23.2 Å². The average molecular weight is 189 g/mol. The molecule has 1 aromatic carbocycles. The van der Waals surface area contributed by atoms with Crippen molar-refractivity contribution < 1.29 is 4.79 Å². The van der Waals surface area contributed by atoms with E-state index in [4.69, 9.17) is 5.73 Å². The summed E-state index contributed by atoms with van der Waals surface area (Å²) in [6, 6.07) is 5.18. The van der Waals surface area contributed by atoms with Crippen LogP contribution >= 0.6 is 0 Å². The summed E-state index contributed by atoms with van der Waals surface area (Å²) in [5.41, 5.74) is 7.70. The molecule has 0 spiro atoms. The largest absolute Gasteiger partial charge is 0.399 e. The molecule has 2 rings (SSSR count). The number of aliphatic imine (C=N–C) groups is 1. The molecule has 1 aromatic rings. The predicted molar refractivity (Wildman–Crippen MR) is 55.6 cm³/mol. The number of nitrogen functional groups attached to an aromatic ring is 1. The smallest absolute Gasteiger partial charge is 0.150 e. The van der Waals surface area contributed by atoms with Gasteiger partial charge in [0.1, 0.15) is 5.84 Å². The molecule has 0 bridgehead atoms. The van der Waals surface area contributed by atoms with Crippen LogP contribution in [0, 0.1) is 0 Å². The topological polar surface area (TPSA) is 67.5 Å². The van der Waals surface area contributed by atoms with Gasteiger partial charge in [0, 0.05) is 23.4 Å². The molecule has 0 aromatic heterocycles. The van der Waals surface area contributed by atoms with Crippen LogP contribution in [0.2, 0.25) is 0 Å². The Balaban J connectivity index is 2.48. The number of aldehydes is 1. The molecule has 72 valence electrons. The van der Waals surface area contributed by atoms with E-state index in [9.17, 15) is 4.79 Å². The van der Waals surface area contributed by atoms with Gasteiger partial charge in [-0.05, 0) is 18.2 Å². The van der Waals surface area contributed by atoms with Gasteiger partial charge in [0.25, 0.3) is 0 Å². The van der Waals surface area contributed by atoms with Crippen LogP contribution in [-0.4, -0.2) is 25.2 Å². The number of hydrogen-bond donors (Lipinski definition) is 2. The molecule has 1 heterocycles. The Labute approximate surface area is 81.8 Å². The third-order valence-corrected chi connectivity index (χ3v) is 2.13. The minimum Gasteiger partial charge on any atom is -0.399 e. The lowest BCUT2D eigenvalue weighted by atomic mass is 10.1. The molecule has 0 aliphatic carbocycles. The van der Waals surface area contributed by atoms with E-state index >= 15 is 0 Å². The van der Waals surface area contributed by atoms with E-state index in [-0.39, 0.29) is 0 Å². The Bertz CT molecular complexity index is 398. The molecule has 3 N–H and O–H groups in total. The van der Waals surface area contributed by atoms with Crippen molar-refractivity contribution in [3.63, 3.8) is 0 Å². The first-order chi connectivity index (χ1) is 6.81. The number of rotatable bonds is 2. The summed E-state index contributed by atoms with van der Waals surface area (Å²) in [5.74, 6) is 0.763. The molecule has 0 unspecified atom stereocenters. The lowest BCUT2D eigenvalue weighted by molar-refractivity contribution is 0.112. The second kappa shape index (κ2) is 3.49. The number of anilines is 1. The Hall–Kier alpha value is -1.84. The van der Waals surface area contributed by atoms with Crippen LogP contribution in [0.5, 0.6) is 0 Å². The van der Waals surface area contributed by atoms with Gasteiger partial charge in [0.05, 0.1) is 6.54 Å². The number of carbonyl (C=O) groups excluding carboxylic acids is 1. The van der Waals surface area contributed by atoms with Gasteiger partial charge < -0.3 is 11.1 Å². The number of hydrogen-bond acceptors (Lipinski definition) is 4. The first-order valence-corrected chi connectivity index (χ1v) is 4.44. The maximum atomic E-state index is 10.8. The summed E-state index contributed by atoms with van der Waals surface area (Å²) in [7, 11) is 0. The number of amidine groups is 1. The Morgan fingerprint density at radius 1 is 1.50 bits per heavy atom. The SMILES string of the molecule is Nc1ccc(C=O)c(C2=NCCN2)c1. The van der Waals surface area contributed by atoms with Gasteiger partial charge in [-0.2, -0.15) is 0 Å². The number of nitrogens with two attached hydrogens (primary N) is 1. The molecular formula is C10H11N3O. The summed E-state index contributed by atoms with van der Waals surface area (Å²) in [4.78, 5) is 15.0. The van der Waals surface area contributed by atoms with Crippen molar-refractivity contribution >= 4 is 17.8 Å². The highest BCUT2D eigenvalue weighted by Gasteiger charge is 2.12. The van der Waals surface area contributed by atoms with Gasteiger partial charge in [-0.3, -0.25) is 9.79 Å². The highest BCUT2D eigenvalue weighted by atomic mass is 16.1. The fourth-order valence-electron chi connectivity index (χ4n) is 1.46. The maximum absolute atomic E-state index is 10.8. The van der Waals surface area contributed by atoms with Gasteiger partial charge in [-0.1, -0.05) is 0 Å². The van der Waals surface area contributed by atoms with Crippen molar-refractivity contribution in [2.75, 3.05) is 18.8 Å². The first kappa shape index (κ1) is 8.74. The molecule has 4 nitrogen and oxygen atoms in total. The van der Waals surface area contributed by atoms with Gasteiger partial charge in [0.15, 0.2) is 6.29 Å². The quantitative estimate of drug-likeness (QED) is 0.523. The molecule has 0 radical (unpaired) electrons. The lowest BCUT2D eigenvalue weighted by Gasteiger charge is -2.06. The second-order valence-corrected chi connectivity index (χ2v) is 3.12. The van der Waals surface area contributed by atoms with Crippen molar-refractivity contribution in [3.8, 4) is 0 Å². The first-order valence-electron chi connectivity index (χ1n) is 4.44. The lowest BCUT2D eigenvalue weighted by Crippen LogP contribution is -2.21. The second-order valence-electron chi connectivity index (χ2n) is 3.12. The minimum atomic E-state index is 0.618. The molecule has 1 aliphatic rings. The van der Waals surface area contributed by atoms with E-state index in [1.807, 2.05) is 0 Å². The standard InChI is InChI=1S/C10H11N3O/c11-8-2-1-7(6-14)9(5-8)10-12-3-4-13-10/h1-2,5-6H,3-4,11H2,(H,12,13). The number of nitrogens with zero attached hydrogens (tertiary/aromatic N) is 1. The average Bonchev–Trinajstić information content (AvgIpc) is 2.70. The molecule has 1 aliphatic heterocycles. The van der Waals surface area contributed by atoms with Crippen LogP contribution in [-0.2, 0) is 0 Å². The molecule has 0 atom stereocenters. The van der Waals surface area contributed by atoms with Crippen molar-refractivity contribution in [1.82, 2.24) is 5.32 Å². The van der Waals surface area contributed by atoms with Crippen LogP contribution in [0.4, 0.5) is 5.69 Å². The fraction of sp³-hybridized carbons (Fsp3) is 0.200. The van der Waals surface area contributed by atoms with Crippen molar-refractivity contribution in [3.05, 3.63) is 29.3 Å². The molecular weight excluding hydrogens is 178 g/mol. The normalized spacial score (nSPS) is 14.7. The summed E-state index contributed by atoms with van der Waals surface area (Å²) < 4.78 is 0. The fourth-order valence-corrected chi connectivity index (χ4v) is 1.46. The zero-order chi connectivity index (χ0) is 9.97. The van der Waals surface area contributed by atoms with E-state index in [0.29, 0.717) is 11.3 Å². The van der Waals surface area contributed by atoms with Crippen molar-refractivity contribution in [1.29, 1.82) is 0 Å². The molecule has 0 amide bonds. The van der Waals surface area contributed by atoms with Crippen molar-refractivity contribution in [2.45, 2.75) is 0 Å². The number of carbonyl (C=O) groups is 1. The molecule has 0 saturated carbocycles. The third-order valence-electron chi connectivity index (χ3n) is 2.13. The molecule has 0 saturated heterocycles. The monoisotopic (exact) mass is 189 g/mol. The van der Waals surface area contributed by atoms with E-state index in [0.717, 1.165) is 30.8 Å². The molecule has 4 heteroatoms. The number of nitrogens with one attached hydrogen (secondary N) is 1. The molecule has 14 heavy (non-hydrogen) atoms. The maximum Gasteiger partial charge on any atom is 0.150 e. The highest BCUT2D eigenvalue weighted by Crippen LogP contribution is 2.13. The zero-order valence-corrected chi connectivity index (χ0v) is 7.66. The Kier molecular flexibility index (Phi) is 2.18.